The van der Waals surface area contributed by atoms with Crippen LogP contribution in [0.15, 0.2) is 29.2 Å². The third-order valence-corrected chi connectivity index (χ3v) is 2.98. The zero-order valence-corrected chi connectivity index (χ0v) is 9.23. The minimum absolute atomic E-state index is 0.0999. The second-order valence-corrected chi connectivity index (χ2v) is 5.47. The lowest BCUT2D eigenvalue weighted by Gasteiger charge is -2.00. The van der Waals surface area contributed by atoms with Gasteiger partial charge >= 0.3 is 0 Å². The summed E-state index contributed by atoms with van der Waals surface area (Å²) < 4.78 is 22.2. The molecule has 0 aliphatic rings. The van der Waals surface area contributed by atoms with Crippen LogP contribution in [0.5, 0.6) is 0 Å². The summed E-state index contributed by atoms with van der Waals surface area (Å²) in [6.45, 7) is 0. The number of aliphatic hydroxyl groups is 1. The van der Waals surface area contributed by atoms with Gasteiger partial charge in [-0.1, -0.05) is 12.1 Å². The normalized spacial score (nSPS) is 11.2. The van der Waals surface area contributed by atoms with Crippen LogP contribution in [0.25, 0.3) is 0 Å². The lowest BCUT2D eigenvalue weighted by molar-refractivity contribution is 0.555. The molecule has 0 unspecified atom stereocenters. The van der Waals surface area contributed by atoms with Crippen LogP contribution in [-0.4, -0.2) is 24.8 Å². The van der Waals surface area contributed by atoms with Gasteiger partial charge in [0, 0.05) is 12.7 Å². The van der Waals surface area contributed by atoms with E-state index in [4.69, 9.17) is 5.11 Å². The summed E-state index contributed by atoms with van der Waals surface area (Å²) in [7, 11) is -3.14. The first-order valence-corrected chi connectivity index (χ1v) is 6.20. The van der Waals surface area contributed by atoms with Gasteiger partial charge in [-0.2, -0.15) is 0 Å². The van der Waals surface area contributed by atoms with E-state index < -0.39 is 9.84 Å². The molecule has 0 spiro atoms. The minimum Gasteiger partial charge on any atom is -0.502 e. The number of hydrogen-bond donors (Lipinski definition) is 1. The van der Waals surface area contributed by atoms with Crippen LogP contribution in [-0.2, 0) is 16.3 Å². The Balaban J connectivity index is 2.95. The van der Waals surface area contributed by atoms with E-state index >= 15 is 0 Å². The molecule has 0 aromatic heterocycles. The Bertz CT molecular complexity index is 432. The molecular weight excluding hydrogens is 220 g/mol. The number of aliphatic hydroxyl groups excluding tert-OH is 1. The Hall–Kier alpha value is -0.940. The van der Waals surface area contributed by atoms with Crippen molar-refractivity contribution in [3.63, 3.8) is 0 Å². The SMILES string of the molecule is CS(=O)(=O)c1ccc(CC(O)=S)cc1. The predicted molar refractivity (Wildman–Crippen MR) is 58.5 cm³/mol. The van der Waals surface area contributed by atoms with E-state index in [1.165, 1.54) is 12.1 Å². The van der Waals surface area contributed by atoms with Crippen molar-refractivity contribution in [3.8, 4) is 0 Å². The monoisotopic (exact) mass is 230 g/mol. The molecule has 0 amide bonds. The zero-order valence-electron chi connectivity index (χ0n) is 7.60. The maximum Gasteiger partial charge on any atom is 0.175 e. The summed E-state index contributed by atoms with van der Waals surface area (Å²) >= 11 is 4.52. The molecule has 0 saturated heterocycles. The van der Waals surface area contributed by atoms with Gasteiger partial charge in [-0.15, -0.1) is 0 Å². The average Bonchev–Trinajstić information content (AvgIpc) is 2.02. The summed E-state index contributed by atoms with van der Waals surface area (Å²) in [4.78, 5) is 0.269. The van der Waals surface area contributed by atoms with Crippen molar-refractivity contribution in [1.29, 1.82) is 0 Å². The molecule has 1 N–H and O–H groups in total. The molecule has 0 saturated carbocycles. The average molecular weight is 230 g/mol. The highest BCUT2D eigenvalue weighted by Crippen LogP contribution is 2.10. The molecular formula is C9H10O3S2. The van der Waals surface area contributed by atoms with E-state index in [-0.39, 0.29) is 16.4 Å². The molecule has 1 aromatic rings. The predicted octanol–water partition coefficient (Wildman–Crippen LogP) is 1.52. The number of hydrogen-bond acceptors (Lipinski definition) is 3. The standard InChI is InChI=1S/C9H10O3S2/c1-14(11,12)8-4-2-7(3-5-8)6-9(10)13/h2-5H,6H2,1H3,(H,10,13). The fraction of sp³-hybridized carbons (Fsp3) is 0.222. The fourth-order valence-electron chi connectivity index (χ4n) is 1.03. The third kappa shape index (κ3) is 3.08. The van der Waals surface area contributed by atoms with E-state index in [0.29, 0.717) is 0 Å². The van der Waals surface area contributed by atoms with Crippen LogP contribution < -0.4 is 0 Å². The van der Waals surface area contributed by atoms with Crippen molar-refractivity contribution in [2.45, 2.75) is 11.3 Å². The number of sulfone groups is 1. The van der Waals surface area contributed by atoms with Gasteiger partial charge in [0.1, 0.15) is 0 Å². The maximum absolute atomic E-state index is 11.1. The fourth-order valence-corrected chi connectivity index (χ4v) is 1.83. The summed E-state index contributed by atoms with van der Waals surface area (Å²) in [5.74, 6) is 0. The van der Waals surface area contributed by atoms with Crippen molar-refractivity contribution < 1.29 is 13.5 Å². The smallest absolute Gasteiger partial charge is 0.175 e. The van der Waals surface area contributed by atoms with Crippen molar-refractivity contribution in [1.82, 2.24) is 0 Å². The highest BCUT2D eigenvalue weighted by atomic mass is 32.2. The number of benzene rings is 1. The van der Waals surface area contributed by atoms with Gasteiger partial charge in [-0.3, -0.25) is 0 Å². The highest BCUT2D eigenvalue weighted by Gasteiger charge is 2.06. The highest BCUT2D eigenvalue weighted by molar-refractivity contribution is 7.90. The Morgan fingerprint density at radius 2 is 1.86 bits per heavy atom. The Morgan fingerprint density at radius 1 is 1.36 bits per heavy atom. The molecule has 0 heterocycles. The first kappa shape index (κ1) is 11.1. The molecule has 0 atom stereocenters. The van der Waals surface area contributed by atoms with Crippen LogP contribution in [0, 0.1) is 0 Å². The van der Waals surface area contributed by atoms with Gasteiger partial charge in [0.2, 0.25) is 0 Å². The van der Waals surface area contributed by atoms with Gasteiger partial charge in [-0.05, 0) is 29.9 Å². The molecule has 0 bridgehead atoms. The lowest BCUT2D eigenvalue weighted by atomic mass is 10.2. The van der Waals surface area contributed by atoms with Crippen LogP contribution in [0.3, 0.4) is 0 Å². The third-order valence-electron chi connectivity index (χ3n) is 1.71. The summed E-state index contributed by atoms with van der Waals surface area (Å²) in [6, 6.07) is 6.28. The minimum atomic E-state index is -3.14. The molecule has 3 nitrogen and oxygen atoms in total. The molecule has 1 aromatic carbocycles. The van der Waals surface area contributed by atoms with Crippen LogP contribution in [0.1, 0.15) is 5.56 Å². The molecule has 14 heavy (non-hydrogen) atoms. The van der Waals surface area contributed by atoms with E-state index in [1.807, 2.05) is 0 Å². The van der Waals surface area contributed by atoms with Crippen molar-refractivity contribution in [2.24, 2.45) is 0 Å². The molecule has 5 heteroatoms. The van der Waals surface area contributed by atoms with E-state index in [1.54, 1.807) is 12.1 Å². The zero-order chi connectivity index (χ0) is 10.8. The van der Waals surface area contributed by atoms with Crippen molar-refractivity contribution >= 4 is 27.1 Å². The van der Waals surface area contributed by atoms with Crippen molar-refractivity contribution in [2.75, 3.05) is 6.26 Å². The largest absolute Gasteiger partial charge is 0.502 e. The van der Waals surface area contributed by atoms with E-state index in [2.05, 4.69) is 12.2 Å². The van der Waals surface area contributed by atoms with Gasteiger partial charge in [-0.25, -0.2) is 8.42 Å². The summed E-state index contributed by atoms with van der Waals surface area (Å²) in [5.41, 5.74) is 0.796. The lowest BCUT2D eigenvalue weighted by Crippen LogP contribution is -2.00. The summed E-state index contributed by atoms with van der Waals surface area (Å²) in [6.07, 6.45) is 1.43. The Kier molecular flexibility index (Phi) is 3.23. The molecule has 1 rings (SSSR count). The van der Waals surface area contributed by atoms with E-state index in [0.717, 1.165) is 11.8 Å². The maximum atomic E-state index is 11.1. The molecule has 0 radical (unpaired) electrons. The second-order valence-electron chi connectivity index (χ2n) is 2.99. The van der Waals surface area contributed by atoms with Crippen LogP contribution in [0.4, 0.5) is 0 Å². The van der Waals surface area contributed by atoms with Crippen LogP contribution >= 0.6 is 12.2 Å². The van der Waals surface area contributed by atoms with Gasteiger partial charge in [0.05, 0.1) is 4.90 Å². The van der Waals surface area contributed by atoms with Crippen LogP contribution in [0.2, 0.25) is 0 Å². The van der Waals surface area contributed by atoms with Gasteiger partial charge in [0.15, 0.2) is 14.9 Å². The van der Waals surface area contributed by atoms with E-state index in [9.17, 15) is 8.42 Å². The number of rotatable bonds is 3. The Labute approximate surface area is 88.3 Å². The first-order valence-electron chi connectivity index (χ1n) is 3.90. The Morgan fingerprint density at radius 3 is 2.21 bits per heavy atom. The summed E-state index contributed by atoms with van der Waals surface area (Å²) in [5, 5.41) is 8.75. The van der Waals surface area contributed by atoms with Crippen molar-refractivity contribution in [3.05, 3.63) is 29.8 Å². The number of thiocarbonyl (C=S) groups is 1. The molecule has 0 fully saturated rings. The first-order chi connectivity index (χ1) is 6.39. The van der Waals surface area contributed by atoms with Gasteiger partial charge in [0.25, 0.3) is 0 Å². The molecule has 76 valence electrons. The second kappa shape index (κ2) is 4.06. The molecule has 0 aliphatic carbocycles. The molecule has 0 aliphatic heterocycles. The van der Waals surface area contributed by atoms with Gasteiger partial charge < -0.3 is 5.11 Å². The topological polar surface area (TPSA) is 54.4 Å². The quantitative estimate of drug-likeness (QED) is 0.800.